The summed E-state index contributed by atoms with van der Waals surface area (Å²) < 4.78 is 38.4. The van der Waals surface area contributed by atoms with E-state index in [0.29, 0.717) is 11.1 Å². The van der Waals surface area contributed by atoms with Gasteiger partial charge in [-0.2, -0.15) is 24.5 Å². The fraction of sp³-hybridized carbons (Fsp3) is 0.312. The molecule has 0 unspecified atom stereocenters. The molecule has 1 amide bonds. The number of carbonyl (C=O) groups is 1. The Hall–Kier alpha value is -1.82. The van der Waals surface area contributed by atoms with Crippen LogP contribution in [-0.4, -0.2) is 12.5 Å². The van der Waals surface area contributed by atoms with Crippen LogP contribution in [0, 0.1) is 0 Å². The number of carbonyl (C=O) groups excluding carboxylic acids is 1. The van der Waals surface area contributed by atoms with Crippen LogP contribution < -0.4 is 5.32 Å². The molecule has 118 valence electrons. The number of amides is 1. The van der Waals surface area contributed by atoms with Crippen molar-refractivity contribution < 1.29 is 18.0 Å². The largest absolute Gasteiger partial charge is 0.416 e. The Morgan fingerprint density at radius 1 is 1.18 bits per heavy atom. The topological polar surface area (TPSA) is 29.1 Å². The predicted molar refractivity (Wildman–Crippen MR) is 81.1 cm³/mol. The molecule has 1 aromatic heterocycles. The van der Waals surface area contributed by atoms with Crippen LogP contribution >= 0.6 is 11.3 Å². The molecule has 2 aromatic rings. The number of hydrogen-bond acceptors (Lipinski definition) is 2. The quantitative estimate of drug-likeness (QED) is 0.882. The van der Waals surface area contributed by atoms with Gasteiger partial charge in [0.25, 0.3) is 5.91 Å². The summed E-state index contributed by atoms with van der Waals surface area (Å²) in [6, 6.07) is 6.92. The van der Waals surface area contributed by atoms with E-state index in [2.05, 4.69) is 5.32 Å². The van der Waals surface area contributed by atoms with E-state index in [1.54, 1.807) is 36.7 Å². The van der Waals surface area contributed by atoms with Crippen LogP contribution in [0.2, 0.25) is 0 Å². The van der Waals surface area contributed by atoms with Gasteiger partial charge in [-0.15, -0.1) is 0 Å². The molecule has 0 aliphatic heterocycles. The molecule has 0 fully saturated rings. The second-order valence-corrected chi connectivity index (χ2v) is 6.44. The molecule has 1 aromatic carbocycles. The Bertz CT molecular complexity index is 648. The number of nitrogens with one attached hydrogen (secondary N) is 1. The zero-order valence-corrected chi connectivity index (χ0v) is 13.0. The minimum Gasteiger partial charge on any atom is -0.351 e. The second kappa shape index (κ2) is 6.12. The Morgan fingerprint density at radius 2 is 1.86 bits per heavy atom. The summed E-state index contributed by atoms with van der Waals surface area (Å²) in [4.78, 5) is 11.9. The lowest BCUT2D eigenvalue weighted by molar-refractivity contribution is -0.137. The lowest BCUT2D eigenvalue weighted by Gasteiger charge is -2.26. The van der Waals surface area contributed by atoms with Gasteiger partial charge in [-0.05, 0) is 23.1 Å². The number of rotatable bonds is 4. The van der Waals surface area contributed by atoms with Crippen LogP contribution in [0.5, 0.6) is 0 Å². The van der Waals surface area contributed by atoms with Crippen LogP contribution in [0.25, 0.3) is 0 Å². The highest BCUT2D eigenvalue weighted by Crippen LogP contribution is 2.32. The first kappa shape index (κ1) is 16.5. The summed E-state index contributed by atoms with van der Waals surface area (Å²) in [5.41, 5.74) is -0.188. The highest BCUT2D eigenvalue weighted by Gasteiger charge is 2.32. The van der Waals surface area contributed by atoms with E-state index in [-0.39, 0.29) is 12.5 Å². The third-order valence-electron chi connectivity index (χ3n) is 3.45. The first-order valence-corrected chi connectivity index (χ1v) is 7.62. The summed E-state index contributed by atoms with van der Waals surface area (Å²) in [5, 5.41) is 6.30. The summed E-state index contributed by atoms with van der Waals surface area (Å²) in [6.45, 7) is 3.86. The van der Waals surface area contributed by atoms with Gasteiger partial charge in [0.15, 0.2) is 0 Å². The third kappa shape index (κ3) is 3.88. The molecule has 1 N–H and O–H groups in total. The predicted octanol–water partition coefficient (Wildman–Crippen LogP) is 4.47. The second-order valence-electron chi connectivity index (χ2n) is 5.66. The van der Waals surface area contributed by atoms with Gasteiger partial charge in [0, 0.05) is 22.9 Å². The third-order valence-corrected chi connectivity index (χ3v) is 4.13. The van der Waals surface area contributed by atoms with Crippen LogP contribution in [-0.2, 0) is 11.6 Å². The van der Waals surface area contributed by atoms with Gasteiger partial charge in [0.05, 0.1) is 5.56 Å². The highest BCUT2D eigenvalue weighted by molar-refractivity contribution is 7.08. The van der Waals surface area contributed by atoms with Crippen LogP contribution in [0.15, 0.2) is 41.1 Å². The number of thiophene rings is 1. The molecule has 0 saturated heterocycles. The standard InChI is InChI=1S/C16H16F3NOS/c1-15(2,10-20-14(21)11-6-7-22-9-11)12-4-3-5-13(8-12)16(17,18)19/h3-9H,10H2,1-2H3,(H,20,21). The van der Waals surface area contributed by atoms with Crippen molar-refractivity contribution in [3.8, 4) is 0 Å². The lowest BCUT2D eigenvalue weighted by Crippen LogP contribution is -2.36. The molecule has 0 spiro atoms. The molecule has 0 aliphatic carbocycles. The Balaban J connectivity index is 2.11. The molecule has 0 aliphatic rings. The van der Waals surface area contributed by atoms with Crippen LogP contribution in [0.3, 0.4) is 0 Å². The van der Waals surface area contributed by atoms with Crippen molar-refractivity contribution in [1.82, 2.24) is 5.32 Å². The zero-order chi connectivity index (χ0) is 16.4. The van der Waals surface area contributed by atoms with Crippen molar-refractivity contribution in [2.45, 2.75) is 25.4 Å². The number of alkyl halides is 3. The Morgan fingerprint density at radius 3 is 2.45 bits per heavy atom. The molecule has 6 heteroatoms. The van der Waals surface area contributed by atoms with Gasteiger partial charge in [-0.3, -0.25) is 4.79 Å². The Labute approximate surface area is 131 Å². The monoisotopic (exact) mass is 327 g/mol. The molecular formula is C16H16F3NOS. The van der Waals surface area contributed by atoms with Gasteiger partial charge in [-0.1, -0.05) is 32.0 Å². The van der Waals surface area contributed by atoms with Crippen molar-refractivity contribution in [3.63, 3.8) is 0 Å². The number of benzene rings is 1. The van der Waals surface area contributed by atoms with E-state index in [1.807, 2.05) is 0 Å². The minimum atomic E-state index is -4.37. The molecule has 2 rings (SSSR count). The first-order chi connectivity index (χ1) is 10.2. The summed E-state index contributed by atoms with van der Waals surface area (Å²) in [6.07, 6.45) is -4.37. The molecule has 2 nitrogen and oxygen atoms in total. The SMILES string of the molecule is CC(C)(CNC(=O)c1ccsc1)c1cccc(C(F)(F)F)c1. The zero-order valence-electron chi connectivity index (χ0n) is 12.2. The average Bonchev–Trinajstić information content (AvgIpc) is 2.98. The van der Waals surface area contributed by atoms with Crippen molar-refractivity contribution in [1.29, 1.82) is 0 Å². The van der Waals surface area contributed by atoms with E-state index in [0.717, 1.165) is 12.1 Å². The fourth-order valence-corrected chi connectivity index (χ4v) is 2.65. The Kier molecular flexibility index (Phi) is 4.60. The summed E-state index contributed by atoms with van der Waals surface area (Å²) >= 11 is 1.42. The lowest BCUT2D eigenvalue weighted by atomic mass is 9.83. The van der Waals surface area contributed by atoms with E-state index in [1.165, 1.54) is 17.4 Å². The van der Waals surface area contributed by atoms with Crippen molar-refractivity contribution in [2.75, 3.05) is 6.54 Å². The van der Waals surface area contributed by atoms with E-state index < -0.39 is 17.2 Å². The van der Waals surface area contributed by atoms with Crippen molar-refractivity contribution >= 4 is 17.2 Å². The van der Waals surface area contributed by atoms with Crippen molar-refractivity contribution in [3.05, 3.63) is 57.8 Å². The molecule has 0 radical (unpaired) electrons. The molecule has 0 bridgehead atoms. The van der Waals surface area contributed by atoms with Crippen molar-refractivity contribution in [2.24, 2.45) is 0 Å². The van der Waals surface area contributed by atoms with Gasteiger partial charge in [0.2, 0.25) is 0 Å². The van der Waals surface area contributed by atoms with E-state index in [9.17, 15) is 18.0 Å². The van der Waals surface area contributed by atoms with Gasteiger partial charge < -0.3 is 5.32 Å². The molecule has 0 saturated carbocycles. The summed E-state index contributed by atoms with van der Waals surface area (Å²) in [5.74, 6) is -0.221. The highest BCUT2D eigenvalue weighted by atomic mass is 32.1. The first-order valence-electron chi connectivity index (χ1n) is 6.68. The smallest absolute Gasteiger partial charge is 0.351 e. The van der Waals surface area contributed by atoms with Gasteiger partial charge >= 0.3 is 6.18 Å². The fourth-order valence-electron chi connectivity index (χ4n) is 2.02. The molecular weight excluding hydrogens is 311 g/mol. The maximum Gasteiger partial charge on any atom is 0.416 e. The maximum atomic E-state index is 12.8. The van der Waals surface area contributed by atoms with E-state index in [4.69, 9.17) is 0 Å². The van der Waals surface area contributed by atoms with Gasteiger partial charge in [0.1, 0.15) is 0 Å². The molecule has 1 heterocycles. The van der Waals surface area contributed by atoms with Crippen LogP contribution in [0.1, 0.15) is 35.3 Å². The van der Waals surface area contributed by atoms with Crippen LogP contribution in [0.4, 0.5) is 13.2 Å². The number of halogens is 3. The van der Waals surface area contributed by atoms with Gasteiger partial charge in [-0.25, -0.2) is 0 Å². The number of hydrogen-bond donors (Lipinski definition) is 1. The summed E-state index contributed by atoms with van der Waals surface area (Å²) in [7, 11) is 0. The average molecular weight is 327 g/mol. The molecule has 22 heavy (non-hydrogen) atoms. The maximum absolute atomic E-state index is 12.8. The normalized spacial score (nSPS) is 12.2. The minimum absolute atomic E-state index is 0.221. The van der Waals surface area contributed by atoms with E-state index >= 15 is 0 Å². The molecule has 0 atom stereocenters.